The summed E-state index contributed by atoms with van der Waals surface area (Å²) < 4.78 is 27.4. The molecule has 0 aliphatic carbocycles. The molecule has 1 rings (SSSR count). The quantitative estimate of drug-likeness (QED) is 0.844. The number of hydrogen-bond donors (Lipinski definition) is 2. The molecule has 0 saturated heterocycles. The summed E-state index contributed by atoms with van der Waals surface area (Å²) in [6.07, 6.45) is 0.261. The van der Waals surface area contributed by atoms with Gasteiger partial charge >= 0.3 is 5.97 Å². The van der Waals surface area contributed by atoms with Crippen LogP contribution in [0.5, 0.6) is 0 Å². The fraction of sp³-hybridized carbons (Fsp3) is 0.533. The second kappa shape index (κ2) is 6.58. The lowest BCUT2D eigenvalue weighted by Gasteiger charge is -2.16. The molecule has 6 heteroatoms. The molecule has 1 unspecified atom stereocenters. The van der Waals surface area contributed by atoms with Crippen molar-refractivity contribution in [3.05, 3.63) is 28.3 Å². The van der Waals surface area contributed by atoms with Crippen molar-refractivity contribution in [3.63, 3.8) is 0 Å². The number of carbonyl (C=O) groups is 1. The lowest BCUT2D eigenvalue weighted by molar-refractivity contribution is -0.141. The summed E-state index contributed by atoms with van der Waals surface area (Å²) in [5, 5.41) is 8.81. The van der Waals surface area contributed by atoms with E-state index in [9.17, 15) is 13.2 Å². The molecule has 21 heavy (non-hydrogen) atoms. The van der Waals surface area contributed by atoms with Gasteiger partial charge in [-0.1, -0.05) is 13.0 Å². The van der Waals surface area contributed by atoms with Gasteiger partial charge in [0, 0.05) is 6.54 Å². The van der Waals surface area contributed by atoms with Crippen LogP contribution in [0.25, 0.3) is 0 Å². The summed E-state index contributed by atoms with van der Waals surface area (Å²) >= 11 is 0. The molecular weight excluding hydrogens is 290 g/mol. The van der Waals surface area contributed by atoms with Gasteiger partial charge in [-0.15, -0.1) is 0 Å². The predicted octanol–water partition coefficient (Wildman–Crippen LogP) is 2.31. The van der Waals surface area contributed by atoms with Crippen LogP contribution >= 0.6 is 0 Å². The minimum Gasteiger partial charge on any atom is -0.481 e. The van der Waals surface area contributed by atoms with Crippen LogP contribution in [0.3, 0.4) is 0 Å². The molecule has 0 spiro atoms. The minimum atomic E-state index is -3.63. The summed E-state index contributed by atoms with van der Waals surface area (Å²) in [5.74, 6) is -1.50. The first-order chi connectivity index (χ1) is 9.58. The minimum absolute atomic E-state index is 0.113. The number of sulfonamides is 1. The van der Waals surface area contributed by atoms with E-state index in [-0.39, 0.29) is 13.0 Å². The maximum absolute atomic E-state index is 12.5. The number of nitrogens with one attached hydrogen (secondary N) is 1. The zero-order chi connectivity index (χ0) is 16.4. The van der Waals surface area contributed by atoms with Crippen LogP contribution in [0.1, 0.15) is 35.6 Å². The number of benzene rings is 1. The molecular formula is C15H23NO4S. The number of hydrogen-bond acceptors (Lipinski definition) is 3. The molecule has 1 aromatic rings. The SMILES string of the molecule is Cc1cc(C)c(C)c(S(=O)(=O)NCCC(C)C(=O)O)c1C. The Labute approximate surface area is 126 Å². The lowest BCUT2D eigenvalue weighted by Crippen LogP contribution is -2.28. The van der Waals surface area contributed by atoms with Crippen LogP contribution in [0, 0.1) is 33.6 Å². The fourth-order valence-corrected chi connectivity index (χ4v) is 3.85. The Bertz CT molecular complexity index is 624. The second-order valence-electron chi connectivity index (χ2n) is 5.52. The second-order valence-corrected chi connectivity index (χ2v) is 7.22. The van der Waals surface area contributed by atoms with Gasteiger partial charge in [0.2, 0.25) is 10.0 Å². The Balaban J connectivity index is 3.02. The Hall–Kier alpha value is -1.40. The largest absolute Gasteiger partial charge is 0.481 e. The Morgan fingerprint density at radius 1 is 1.19 bits per heavy atom. The highest BCUT2D eigenvalue weighted by atomic mass is 32.2. The first kappa shape index (κ1) is 17.7. The molecule has 0 amide bonds. The van der Waals surface area contributed by atoms with Crippen molar-refractivity contribution in [3.8, 4) is 0 Å². The van der Waals surface area contributed by atoms with Crippen molar-refractivity contribution in [2.45, 2.75) is 45.9 Å². The average Bonchev–Trinajstić information content (AvgIpc) is 2.35. The first-order valence-corrected chi connectivity index (χ1v) is 8.36. The molecule has 1 aromatic carbocycles. The molecule has 2 N–H and O–H groups in total. The Kier molecular flexibility index (Phi) is 5.53. The van der Waals surface area contributed by atoms with Crippen LogP contribution in [0.15, 0.2) is 11.0 Å². The van der Waals surface area contributed by atoms with Crippen molar-refractivity contribution in [1.82, 2.24) is 4.72 Å². The van der Waals surface area contributed by atoms with Crippen LogP contribution < -0.4 is 4.72 Å². The highest BCUT2D eigenvalue weighted by Crippen LogP contribution is 2.25. The van der Waals surface area contributed by atoms with Crippen molar-refractivity contribution in [2.24, 2.45) is 5.92 Å². The van der Waals surface area contributed by atoms with Crippen LogP contribution in [0.4, 0.5) is 0 Å². The molecule has 1 atom stereocenters. The average molecular weight is 313 g/mol. The van der Waals surface area contributed by atoms with Crippen LogP contribution in [-0.4, -0.2) is 26.0 Å². The highest BCUT2D eigenvalue weighted by molar-refractivity contribution is 7.89. The Morgan fingerprint density at radius 3 is 2.10 bits per heavy atom. The molecule has 0 heterocycles. The maximum atomic E-state index is 12.5. The van der Waals surface area contributed by atoms with E-state index in [1.54, 1.807) is 20.8 Å². The molecule has 0 saturated carbocycles. The smallest absolute Gasteiger partial charge is 0.306 e. The molecule has 5 nitrogen and oxygen atoms in total. The van der Waals surface area contributed by atoms with Crippen molar-refractivity contribution in [1.29, 1.82) is 0 Å². The Morgan fingerprint density at radius 2 is 1.67 bits per heavy atom. The van der Waals surface area contributed by atoms with Crippen LogP contribution in [-0.2, 0) is 14.8 Å². The summed E-state index contributed by atoms with van der Waals surface area (Å²) in [6, 6.07) is 1.97. The topological polar surface area (TPSA) is 83.5 Å². The van der Waals surface area contributed by atoms with Gasteiger partial charge in [-0.05, 0) is 56.4 Å². The van der Waals surface area contributed by atoms with Gasteiger partial charge in [0.1, 0.15) is 0 Å². The van der Waals surface area contributed by atoms with E-state index >= 15 is 0 Å². The van der Waals surface area contributed by atoms with Gasteiger partial charge in [-0.3, -0.25) is 4.79 Å². The van der Waals surface area contributed by atoms with Crippen LogP contribution in [0.2, 0.25) is 0 Å². The van der Waals surface area contributed by atoms with Crippen molar-refractivity contribution >= 4 is 16.0 Å². The number of aliphatic carboxylic acids is 1. The van der Waals surface area contributed by atoms with Gasteiger partial charge < -0.3 is 5.11 Å². The van der Waals surface area contributed by atoms with E-state index < -0.39 is 21.9 Å². The summed E-state index contributed by atoms with van der Waals surface area (Å²) in [5.41, 5.74) is 3.32. The monoisotopic (exact) mass is 313 g/mol. The van der Waals surface area contributed by atoms with Crippen molar-refractivity contribution < 1.29 is 18.3 Å². The molecule has 118 valence electrons. The highest BCUT2D eigenvalue weighted by Gasteiger charge is 2.22. The number of aryl methyl sites for hydroxylation is 2. The van der Waals surface area contributed by atoms with E-state index in [0.717, 1.165) is 22.3 Å². The third-order valence-electron chi connectivity index (χ3n) is 3.86. The summed E-state index contributed by atoms with van der Waals surface area (Å²) in [6.45, 7) is 9.01. The zero-order valence-electron chi connectivity index (χ0n) is 13.1. The molecule has 0 aliphatic heterocycles. The number of rotatable bonds is 6. The number of carboxylic acids is 1. The van der Waals surface area contributed by atoms with E-state index in [0.29, 0.717) is 4.90 Å². The zero-order valence-corrected chi connectivity index (χ0v) is 14.0. The molecule has 0 radical (unpaired) electrons. The summed E-state index contributed by atoms with van der Waals surface area (Å²) in [7, 11) is -3.63. The van der Waals surface area contributed by atoms with E-state index in [4.69, 9.17) is 5.11 Å². The molecule has 0 aromatic heterocycles. The van der Waals surface area contributed by atoms with E-state index in [1.165, 1.54) is 0 Å². The number of carboxylic acid groups (broad SMARTS) is 1. The van der Waals surface area contributed by atoms with E-state index in [1.807, 2.05) is 19.9 Å². The molecule has 0 aliphatic rings. The fourth-order valence-electron chi connectivity index (χ4n) is 2.19. The van der Waals surface area contributed by atoms with Gasteiger partial charge in [0.05, 0.1) is 10.8 Å². The predicted molar refractivity (Wildman–Crippen MR) is 82.0 cm³/mol. The third-order valence-corrected chi connectivity index (χ3v) is 5.59. The third kappa shape index (κ3) is 4.04. The van der Waals surface area contributed by atoms with Gasteiger partial charge in [-0.2, -0.15) is 0 Å². The van der Waals surface area contributed by atoms with Gasteiger partial charge in [0.25, 0.3) is 0 Å². The first-order valence-electron chi connectivity index (χ1n) is 6.87. The lowest BCUT2D eigenvalue weighted by atomic mass is 10.0. The maximum Gasteiger partial charge on any atom is 0.306 e. The van der Waals surface area contributed by atoms with Gasteiger partial charge in [-0.25, -0.2) is 13.1 Å². The standard InChI is InChI=1S/C15H23NO4S/c1-9(15(17)18)6-7-16-21(19,20)14-12(4)10(2)8-11(3)13(14)5/h8-9,16H,6-7H2,1-5H3,(H,17,18). The van der Waals surface area contributed by atoms with Gasteiger partial charge in [0.15, 0.2) is 0 Å². The molecule has 0 fully saturated rings. The van der Waals surface area contributed by atoms with E-state index in [2.05, 4.69) is 4.72 Å². The van der Waals surface area contributed by atoms with Crippen molar-refractivity contribution in [2.75, 3.05) is 6.54 Å². The molecule has 0 bridgehead atoms. The normalized spacial score (nSPS) is 13.2. The summed E-state index contributed by atoms with van der Waals surface area (Å²) in [4.78, 5) is 11.1.